The maximum Gasteiger partial charge on any atom is 0.247 e. The molecule has 134 valence electrons. The summed E-state index contributed by atoms with van der Waals surface area (Å²) in [5.41, 5.74) is 1.04. The molecule has 0 fully saturated rings. The molecule has 2 aromatic rings. The van der Waals surface area contributed by atoms with Crippen LogP contribution in [0.15, 0.2) is 34.9 Å². The zero-order valence-electron chi connectivity index (χ0n) is 14.3. The van der Waals surface area contributed by atoms with E-state index >= 15 is 0 Å². The van der Waals surface area contributed by atoms with Crippen molar-refractivity contribution in [2.75, 3.05) is 5.32 Å². The third kappa shape index (κ3) is 6.37. The van der Waals surface area contributed by atoms with Crippen LogP contribution in [0.25, 0.3) is 0 Å². The number of unbranched alkanes of at least 4 members (excludes halogenated alkanes) is 1. The van der Waals surface area contributed by atoms with Crippen molar-refractivity contribution in [3.05, 3.63) is 47.5 Å². The topological polar surface area (TPSA) is 84.2 Å². The number of nitrogens with one attached hydrogen (secondary N) is 2. The Kier molecular flexibility index (Phi) is 6.68. The number of aromatic nitrogens is 1. The van der Waals surface area contributed by atoms with Crippen LogP contribution in [0.5, 0.6) is 0 Å². The lowest BCUT2D eigenvalue weighted by Crippen LogP contribution is -2.41. The van der Waals surface area contributed by atoms with Crippen molar-refractivity contribution in [2.45, 2.75) is 45.6 Å². The van der Waals surface area contributed by atoms with Gasteiger partial charge in [-0.1, -0.05) is 17.3 Å². The lowest BCUT2D eigenvalue weighted by molar-refractivity contribution is -0.126. The number of amides is 2. The molecule has 1 atom stereocenters. The van der Waals surface area contributed by atoms with Crippen LogP contribution in [0, 0.1) is 12.7 Å². The van der Waals surface area contributed by atoms with Gasteiger partial charge >= 0.3 is 0 Å². The van der Waals surface area contributed by atoms with Crippen molar-refractivity contribution in [2.24, 2.45) is 0 Å². The Bertz CT molecular complexity index is 713. The van der Waals surface area contributed by atoms with E-state index in [1.165, 1.54) is 12.1 Å². The van der Waals surface area contributed by atoms with Gasteiger partial charge in [-0.2, -0.15) is 0 Å². The summed E-state index contributed by atoms with van der Waals surface area (Å²) in [7, 11) is 0. The maximum absolute atomic E-state index is 12.8. The van der Waals surface area contributed by atoms with Crippen LogP contribution < -0.4 is 10.6 Å². The first-order valence-electron chi connectivity index (χ1n) is 8.22. The van der Waals surface area contributed by atoms with E-state index in [0.717, 1.165) is 18.4 Å². The molecule has 0 aliphatic carbocycles. The van der Waals surface area contributed by atoms with Gasteiger partial charge in [0.25, 0.3) is 0 Å². The molecular weight excluding hydrogens is 325 g/mol. The van der Waals surface area contributed by atoms with Crippen LogP contribution in [0.1, 0.15) is 37.5 Å². The monoisotopic (exact) mass is 347 g/mol. The Hall–Kier alpha value is -2.70. The predicted molar refractivity (Wildman–Crippen MR) is 91.4 cm³/mol. The lowest BCUT2D eigenvalue weighted by atomic mass is 10.1. The molecule has 1 aromatic heterocycles. The second-order valence-electron chi connectivity index (χ2n) is 5.93. The van der Waals surface area contributed by atoms with Crippen LogP contribution in [0.4, 0.5) is 10.2 Å². The molecule has 0 aliphatic heterocycles. The summed E-state index contributed by atoms with van der Waals surface area (Å²) in [5, 5.41) is 8.89. The summed E-state index contributed by atoms with van der Waals surface area (Å²) in [6.45, 7) is 3.33. The van der Waals surface area contributed by atoms with Gasteiger partial charge in [0.05, 0.1) is 0 Å². The zero-order valence-corrected chi connectivity index (χ0v) is 14.3. The Labute approximate surface area is 145 Å². The van der Waals surface area contributed by atoms with Crippen molar-refractivity contribution < 1.29 is 18.5 Å². The van der Waals surface area contributed by atoms with Gasteiger partial charge in [-0.25, -0.2) is 4.39 Å². The van der Waals surface area contributed by atoms with Crippen molar-refractivity contribution >= 4 is 17.6 Å². The van der Waals surface area contributed by atoms with Gasteiger partial charge in [-0.3, -0.25) is 9.59 Å². The Morgan fingerprint density at radius 3 is 2.60 bits per heavy atom. The summed E-state index contributed by atoms with van der Waals surface area (Å²) in [5.74, 6) is 0.123. The van der Waals surface area contributed by atoms with Gasteiger partial charge in [0, 0.05) is 12.5 Å². The van der Waals surface area contributed by atoms with Crippen LogP contribution >= 0.6 is 0 Å². The molecule has 0 saturated carbocycles. The number of nitrogens with zero attached hydrogens (tertiary/aromatic N) is 1. The van der Waals surface area contributed by atoms with Gasteiger partial charge in [0.15, 0.2) is 5.82 Å². The SMILES string of the molecule is Cc1cc(NC(=O)[C@H](C)NC(=O)CCCCc2ccc(F)cc2)no1. The number of benzene rings is 1. The highest BCUT2D eigenvalue weighted by Crippen LogP contribution is 2.09. The minimum Gasteiger partial charge on any atom is -0.360 e. The molecule has 0 radical (unpaired) electrons. The maximum atomic E-state index is 12.8. The average Bonchev–Trinajstić information content (AvgIpc) is 2.98. The fraction of sp³-hybridized carbons (Fsp3) is 0.389. The van der Waals surface area contributed by atoms with Crippen molar-refractivity contribution in [1.29, 1.82) is 0 Å². The van der Waals surface area contributed by atoms with Gasteiger partial charge in [-0.15, -0.1) is 0 Å². The fourth-order valence-electron chi connectivity index (χ4n) is 2.30. The Morgan fingerprint density at radius 2 is 1.96 bits per heavy atom. The van der Waals surface area contributed by atoms with Crippen LogP contribution in [-0.2, 0) is 16.0 Å². The second kappa shape index (κ2) is 8.96. The van der Waals surface area contributed by atoms with E-state index in [1.54, 1.807) is 32.0 Å². The number of hydrogen-bond acceptors (Lipinski definition) is 4. The van der Waals surface area contributed by atoms with E-state index in [1.807, 2.05) is 0 Å². The molecule has 7 heteroatoms. The molecule has 1 aromatic carbocycles. The van der Waals surface area contributed by atoms with Crippen molar-refractivity contribution in [3.63, 3.8) is 0 Å². The third-order valence-electron chi connectivity index (χ3n) is 3.68. The number of rotatable bonds is 8. The Balaban J connectivity index is 1.65. The summed E-state index contributed by atoms with van der Waals surface area (Å²) in [6, 6.07) is 7.28. The molecule has 0 unspecified atom stereocenters. The summed E-state index contributed by atoms with van der Waals surface area (Å²) >= 11 is 0. The molecule has 6 nitrogen and oxygen atoms in total. The van der Waals surface area contributed by atoms with Gasteiger partial charge in [-0.05, 0) is 50.8 Å². The highest BCUT2D eigenvalue weighted by molar-refractivity contribution is 5.96. The van der Waals surface area contributed by atoms with Crippen LogP contribution in [0.3, 0.4) is 0 Å². The molecule has 0 aliphatic rings. The van der Waals surface area contributed by atoms with Gasteiger partial charge in [0.1, 0.15) is 17.6 Å². The van der Waals surface area contributed by atoms with E-state index in [2.05, 4.69) is 15.8 Å². The van der Waals surface area contributed by atoms with E-state index in [4.69, 9.17) is 4.52 Å². The molecule has 25 heavy (non-hydrogen) atoms. The lowest BCUT2D eigenvalue weighted by Gasteiger charge is -2.12. The van der Waals surface area contributed by atoms with Gasteiger partial charge < -0.3 is 15.2 Å². The number of carbonyl (C=O) groups excluding carboxylic acids is 2. The summed E-state index contributed by atoms with van der Waals surface area (Å²) in [6.07, 6.45) is 2.63. The molecule has 2 N–H and O–H groups in total. The first-order chi connectivity index (χ1) is 11.9. The second-order valence-corrected chi connectivity index (χ2v) is 5.93. The predicted octanol–water partition coefficient (Wildman–Crippen LogP) is 2.98. The number of halogens is 1. The minimum atomic E-state index is -0.665. The number of carbonyl (C=O) groups is 2. The van der Waals surface area contributed by atoms with Crippen LogP contribution in [-0.4, -0.2) is 23.0 Å². The minimum absolute atomic E-state index is 0.182. The normalized spacial score (nSPS) is 11.8. The standard InChI is InChI=1S/C18H22FN3O3/c1-12-11-16(22-25-12)21-18(24)13(2)20-17(23)6-4-3-5-14-7-9-15(19)10-8-14/h7-11,13H,3-6H2,1-2H3,(H,20,23)(H,21,22,24)/t13-/m0/s1. The van der Waals surface area contributed by atoms with E-state index in [9.17, 15) is 14.0 Å². The molecular formula is C18H22FN3O3. The fourth-order valence-corrected chi connectivity index (χ4v) is 2.30. The van der Waals surface area contributed by atoms with Crippen molar-refractivity contribution in [1.82, 2.24) is 10.5 Å². The third-order valence-corrected chi connectivity index (χ3v) is 3.68. The molecule has 0 spiro atoms. The van der Waals surface area contributed by atoms with E-state index in [-0.39, 0.29) is 17.6 Å². The molecule has 2 rings (SSSR count). The van der Waals surface area contributed by atoms with Gasteiger partial charge in [0.2, 0.25) is 11.8 Å². The van der Waals surface area contributed by atoms with Crippen LogP contribution in [0.2, 0.25) is 0 Å². The summed E-state index contributed by atoms with van der Waals surface area (Å²) in [4.78, 5) is 23.9. The first-order valence-corrected chi connectivity index (χ1v) is 8.22. The smallest absolute Gasteiger partial charge is 0.247 e. The van der Waals surface area contributed by atoms with E-state index in [0.29, 0.717) is 24.4 Å². The van der Waals surface area contributed by atoms with E-state index < -0.39 is 6.04 Å². The molecule has 0 saturated heterocycles. The average molecular weight is 347 g/mol. The quantitative estimate of drug-likeness (QED) is 0.719. The first kappa shape index (κ1) is 18.6. The largest absolute Gasteiger partial charge is 0.360 e. The Morgan fingerprint density at radius 1 is 1.24 bits per heavy atom. The highest BCUT2D eigenvalue weighted by atomic mass is 19.1. The molecule has 0 bridgehead atoms. The number of anilines is 1. The van der Waals surface area contributed by atoms with Crippen molar-refractivity contribution in [3.8, 4) is 0 Å². The highest BCUT2D eigenvalue weighted by Gasteiger charge is 2.16. The zero-order chi connectivity index (χ0) is 18.2. The number of aryl methyl sites for hydroxylation is 2. The molecule has 2 amide bonds. The molecule has 1 heterocycles. The summed E-state index contributed by atoms with van der Waals surface area (Å²) < 4.78 is 17.7. The number of hydrogen-bond donors (Lipinski definition) is 2.